The van der Waals surface area contributed by atoms with Gasteiger partial charge in [0.25, 0.3) is 0 Å². The first-order valence-electron chi connectivity index (χ1n) is 4.98. The van der Waals surface area contributed by atoms with Crippen LogP contribution < -0.4 is 0 Å². The quantitative estimate of drug-likeness (QED) is 0.447. The smallest absolute Gasteiger partial charge is 0.0402 e. The molecule has 74 valence electrons. The maximum atomic E-state index is 4.56. The zero-order valence-corrected chi connectivity index (χ0v) is 9.30. The molecule has 0 radical (unpaired) electrons. The van der Waals surface area contributed by atoms with Crippen molar-refractivity contribution in [3.05, 3.63) is 24.4 Å². The lowest BCUT2D eigenvalue weighted by Gasteiger charge is -2.05. The fraction of sp³-hybridized carbons (Fsp3) is 0.583. The Bertz CT molecular complexity index is 209. The molecule has 0 unspecified atom stereocenters. The van der Waals surface area contributed by atoms with Crippen molar-refractivity contribution in [2.24, 2.45) is 10.9 Å². The Kier molecular flexibility index (Phi) is 6.21. The van der Waals surface area contributed by atoms with Gasteiger partial charge in [0.15, 0.2) is 0 Å². The highest BCUT2D eigenvalue weighted by Gasteiger charge is 1.99. The Labute approximate surface area is 82.3 Å². The van der Waals surface area contributed by atoms with E-state index in [1.807, 2.05) is 12.2 Å². The highest BCUT2D eigenvalue weighted by molar-refractivity contribution is 5.84. The summed E-state index contributed by atoms with van der Waals surface area (Å²) >= 11 is 0. The summed E-state index contributed by atoms with van der Waals surface area (Å²) in [5.41, 5.74) is 2.34. The van der Waals surface area contributed by atoms with E-state index in [2.05, 4.69) is 39.3 Å². The van der Waals surface area contributed by atoms with Gasteiger partial charge in [-0.3, -0.25) is 4.99 Å². The van der Waals surface area contributed by atoms with E-state index in [1.54, 1.807) is 0 Å². The minimum absolute atomic E-state index is 0.532. The minimum Gasteiger partial charge on any atom is -0.262 e. The lowest BCUT2D eigenvalue weighted by molar-refractivity contribution is 0.852. The van der Waals surface area contributed by atoms with Crippen LogP contribution in [0.25, 0.3) is 0 Å². The van der Waals surface area contributed by atoms with Gasteiger partial charge in [-0.25, -0.2) is 0 Å². The van der Waals surface area contributed by atoms with Crippen LogP contribution in [0.1, 0.15) is 40.5 Å². The molecule has 0 saturated carbocycles. The normalized spacial score (nSPS) is 13.6. The average molecular weight is 179 g/mol. The monoisotopic (exact) mass is 179 g/mol. The molecule has 0 saturated heterocycles. The summed E-state index contributed by atoms with van der Waals surface area (Å²) in [5.74, 6) is 0.532. The zero-order valence-electron chi connectivity index (χ0n) is 9.30. The van der Waals surface area contributed by atoms with E-state index in [1.165, 1.54) is 5.71 Å². The van der Waals surface area contributed by atoms with Gasteiger partial charge in [-0.05, 0) is 25.3 Å². The largest absolute Gasteiger partial charge is 0.262 e. The molecule has 0 aromatic carbocycles. The topological polar surface area (TPSA) is 12.4 Å². The molecule has 0 spiro atoms. The van der Waals surface area contributed by atoms with Crippen molar-refractivity contribution in [1.82, 2.24) is 0 Å². The first-order chi connectivity index (χ1) is 6.11. The number of hydrogen-bond acceptors (Lipinski definition) is 1. The maximum Gasteiger partial charge on any atom is 0.0402 e. The van der Waals surface area contributed by atoms with Crippen LogP contribution in [-0.2, 0) is 0 Å². The molecular formula is C12H21N. The molecule has 0 aliphatic rings. The first kappa shape index (κ1) is 12.2. The number of rotatable bonds is 5. The van der Waals surface area contributed by atoms with Crippen LogP contribution in [0.3, 0.4) is 0 Å². The van der Waals surface area contributed by atoms with E-state index in [0.717, 1.165) is 18.5 Å². The van der Waals surface area contributed by atoms with Crippen LogP contribution in [0.15, 0.2) is 29.4 Å². The van der Waals surface area contributed by atoms with Gasteiger partial charge < -0.3 is 0 Å². The van der Waals surface area contributed by atoms with Gasteiger partial charge in [0.2, 0.25) is 0 Å². The molecule has 0 amide bonds. The third kappa shape index (κ3) is 5.40. The molecule has 0 rings (SSSR count). The molecule has 0 aliphatic heterocycles. The fourth-order valence-electron chi connectivity index (χ4n) is 0.924. The zero-order chi connectivity index (χ0) is 10.3. The van der Waals surface area contributed by atoms with Crippen molar-refractivity contribution in [3.63, 3.8) is 0 Å². The standard InChI is InChI=1S/C12H21N/c1-6-8-12(9-7-2)13-11(5)10(3)4/h6,8,10H,1,7,9H2,2-5H3/b12-8-,13-11?. The van der Waals surface area contributed by atoms with Crippen LogP contribution in [0, 0.1) is 5.92 Å². The molecule has 0 aromatic rings. The molecule has 0 bridgehead atoms. The molecule has 0 N–H and O–H groups in total. The van der Waals surface area contributed by atoms with Crippen LogP contribution in [0.4, 0.5) is 0 Å². The molecule has 0 atom stereocenters. The summed E-state index contributed by atoms with van der Waals surface area (Å²) < 4.78 is 0. The van der Waals surface area contributed by atoms with Gasteiger partial charge in [0.05, 0.1) is 0 Å². The Hall–Kier alpha value is -0.850. The fourth-order valence-corrected chi connectivity index (χ4v) is 0.924. The van der Waals surface area contributed by atoms with E-state index in [0.29, 0.717) is 5.92 Å². The molecular weight excluding hydrogens is 158 g/mol. The molecule has 0 heterocycles. The third-order valence-electron chi connectivity index (χ3n) is 1.97. The van der Waals surface area contributed by atoms with Gasteiger partial charge in [-0.15, -0.1) is 0 Å². The number of nitrogens with zero attached hydrogens (tertiary/aromatic N) is 1. The highest BCUT2D eigenvalue weighted by atomic mass is 14.8. The van der Waals surface area contributed by atoms with Gasteiger partial charge in [0.1, 0.15) is 0 Å². The van der Waals surface area contributed by atoms with Gasteiger partial charge in [-0.2, -0.15) is 0 Å². The van der Waals surface area contributed by atoms with E-state index in [9.17, 15) is 0 Å². The Morgan fingerprint density at radius 1 is 1.46 bits per heavy atom. The summed E-state index contributed by atoms with van der Waals surface area (Å²) in [6.45, 7) is 12.3. The van der Waals surface area contributed by atoms with E-state index >= 15 is 0 Å². The number of aliphatic imine (C=N–C) groups is 1. The van der Waals surface area contributed by atoms with Crippen molar-refractivity contribution in [2.75, 3.05) is 0 Å². The molecule has 13 heavy (non-hydrogen) atoms. The van der Waals surface area contributed by atoms with Crippen LogP contribution >= 0.6 is 0 Å². The SMILES string of the molecule is C=C/C=C(/CCC)N=C(C)C(C)C. The summed E-state index contributed by atoms with van der Waals surface area (Å²) in [6.07, 6.45) is 5.97. The molecule has 0 aliphatic carbocycles. The van der Waals surface area contributed by atoms with Crippen molar-refractivity contribution in [2.45, 2.75) is 40.5 Å². The van der Waals surface area contributed by atoms with E-state index in [-0.39, 0.29) is 0 Å². The summed E-state index contributed by atoms with van der Waals surface area (Å²) in [4.78, 5) is 4.56. The minimum atomic E-state index is 0.532. The molecule has 0 aromatic heterocycles. The van der Waals surface area contributed by atoms with Gasteiger partial charge >= 0.3 is 0 Å². The van der Waals surface area contributed by atoms with Crippen molar-refractivity contribution >= 4 is 5.71 Å². The van der Waals surface area contributed by atoms with E-state index < -0.39 is 0 Å². The Morgan fingerprint density at radius 3 is 2.46 bits per heavy atom. The predicted molar refractivity (Wildman–Crippen MR) is 61.1 cm³/mol. The van der Waals surface area contributed by atoms with Crippen LogP contribution in [0.2, 0.25) is 0 Å². The lowest BCUT2D eigenvalue weighted by Crippen LogP contribution is -2.02. The summed E-state index contributed by atoms with van der Waals surface area (Å²) in [5, 5.41) is 0. The van der Waals surface area contributed by atoms with Gasteiger partial charge in [0, 0.05) is 11.4 Å². The first-order valence-corrected chi connectivity index (χ1v) is 4.98. The second-order valence-corrected chi connectivity index (χ2v) is 3.55. The summed E-state index contributed by atoms with van der Waals surface area (Å²) in [6, 6.07) is 0. The van der Waals surface area contributed by atoms with Crippen LogP contribution in [-0.4, -0.2) is 5.71 Å². The van der Waals surface area contributed by atoms with E-state index in [4.69, 9.17) is 0 Å². The second kappa shape index (κ2) is 6.64. The van der Waals surface area contributed by atoms with Gasteiger partial charge in [-0.1, -0.05) is 39.8 Å². The molecule has 1 heteroatoms. The molecule has 0 fully saturated rings. The maximum absolute atomic E-state index is 4.56. The Balaban J connectivity index is 4.49. The third-order valence-corrected chi connectivity index (χ3v) is 1.97. The average Bonchev–Trinajstić information content (AvgIpc) is 2.05. The molecule has 1 nitrogen and oxygen atoms in total. The van der Waals surface area contributed by atoms with Crippen LogP contribution in [0.5, 0.6) is 0 Å². The predicted octanol–water partition coefficient (Wildman–Crippen LogP) is 3.97. The highest BCUT2D eigenvalue weighted by Crippen LogP contribution is 2.09. The van der Waals surface area contributed by atoms with Crippen molar-refractivity contribution in [3.8, 4) is 0 Å². The number of hydrogen-bond donors (Lipinski definition) is 0. The Morgan fingerprint density at radius 2 is 2.08 bits per heavy atom. The van der Waals surface area contributed by atoms with Crippen molar-refractivity contribution < 1.29 is 0 Å². The lowest BCUT2D eigenvalue weighted by atomic mass is 10.1. The number of allylic oxidation sites excluding steroid dienone is 3. The second-order valence-electron chi connectivity index (χ2n) is 3.55. The summed E-state index contributed by atoms with van der Waals surface area (Å²) in [7, 11) is 0. The van der Waals surface area contributed by atoms with Crippen molar-refractivity contribution in [1.29, 1.82) is 0 Å².